The van der Waals surface area contributed by atoms with Crippen LogP contribution in [0.1, 0.15) is 20.3 Å². The molecule has 2 atom stereocenters. The Bertz CT molecular complexity index is 720. The van der Waals surface area contributed by atoms with Gasteiger partial charge in [-0.1, -0.05) is 20.3 Å². The number of rotatable bonds is 4. The van der Waals surface area contributed by atoms with E-state index in [1.165, 1.54) is 0 Å². The van der Waals surface area contributed by atoms with Gasteiger partial charge in [-0.3, -0.25) is 9.48 Å². The van der Waals surface area contributed by atoms with Crippen molar-refractivity contribution in [3.05, 3.63) is 12.5 Å². The number of nitrogens with zero attached hydrogens (tertiary/aromatic N) is 6. The van der Waals surface area contributed by atoms with E-state index < -0.39 is 6.04 Å². The van der Waals surface area contributed by atoms with Gasteiger partial charge in [-0.2, -0.15) is 5.10 Å². The molecule has 1 saturated heterocycles. The molecule has 3 heterocycles. The van der Waals surface area contributed by atoms with E-state index >= 15 is 0 Å². The van der Waals surface area contributed by atoms with Gasteiger partial charge in [0.15, 0.2) is 5.65 Å². The fourth-order valence-electron chi connectivity index (χ4n) is 3.05. The maximum absolute atomic E-state index is 12.5. The van der Waals surface area contributed by atoms with Gasteiger partial charge in [0, 0.05) is 33.2 Å². The van der Waals surface area contributed by atoms with E-state index in [4.69, 9.17) is 5.73 Å². The van der Waals surface area contributed by atoms with Gasteiger partial charge in [-0.15, -0.1) is 0 Å². The predicted octanol–water partition coefficient (Wildman–Crippen LogP) is 0.385. The zero-order valence-corrected chi connectivity index (χ0v) is 14.5. The molecule has 0 aliphatic carbocycles. The van der Waals surface area contributed by atoms with E-state index in [-0.39, 0.29) is 11.8 Å². The highest BCUT2D eigenvalue weighted by Crippen LogP contribution is 2.23. The molecule has 1 aliphatic heterocycles. The topological polar surface area (TPSA) is 93.2 Å². The van der Waals surface area contributed by atoms with Crippen LogP contribution in [-0.2, 0) is 11.8 Å². The van der Waals surface area contributed by atoms with Crippen LogP contribution in [0.4, 0.5) is 5.82 Å². The van der Waals surface area contributed by atoms with Crippen molar-refractivity contribution < 1.29 is 4.79 Å². The first-order valence-corrected chi connectivity index (χ1v) is 8.45. The molecule has 8 heteroatoms. The molecule has 1 fully saturated rings. The highest BCUT2D eigenvalue weighted by molar-refractivity contribution is 5.87. The average molecular weight is 331 g/mol. The summed E-state index contributed by atoms with van der Waals surface area (Å²) in [6, 6.07) is -0.411. The molecule has 1 aliphatic rings. The van der Waals surface area contributed by atoms with Crippen LogP contribution in [0.2, 0.25) is 0 Å². The van der Waals surface area contributed by atoms with Gasteiger partial charge >= 0.3 is 0 Å². The lowest BCUT2D eigenvalue weighted by Gasteiger charge is -2.37. The van der Waals surface area contributed by atoms with Gasteiger partial charge in [0.2, 0.25) is 5.91 Å². The molecule has 130 valence electrons. The minimum absolute atomic E-state index is 0.0539. The van der Waals surface area contributed by atoms with Gasteiger partial charge in [0.25, 0.3) is 0 Å². The van der Waals surface area contributed by atoms with Crippen LogP contribution < -0.4 is 10.6 Å². The number of amides is 1. The Morgan fingerprint density at radius 2 is 2.00 bits per heavy atom. The van der Waals surface area contributed by atoms with Crippen molar-refractivity contribution in [1.82, 2.24) is 24.6 Å². The fraction of sp³-hybridized carbons (Fsp3) is 0.625. The van der Waals surface area contributed by atoms with Crippen molar-refractivity contribution in [2.45, 2.75) is 26.3 Å². The summed E-state index contributed by atoms with van der Waals surface area (Å²) >= 11 is 0. The number of piperazine rings is 1. The second kappa shape index (κ2) is 6.72. The molecular formula is C16H25N7O. The Labute approximate surface area is 141 Å². The van der Waals surface area contributed by atoms with E-state index in [0.29, 0.717) is 13.1 Å². The number of hydrogen-bond acceptors (Lipinski definition) is 6. The molecule has 24 heavy (non-hydrogen) atoms. The van der Waals surface area contributed by atoms with Crippen molar-refractivity contribution in [2.75, 3.05) is 31.1 Å². The quantitative estimate of drug-likeness (QED) is 0.871. The Morgan fingerprint density at radius 3 is 2.67 bits per heavy atom. The first-order chi connectivity index (χ1) is 11.5. The van der Waals surface area contributed by atoms with Crippen LogP contribution in [0.15, 0.2) is 12.5 Å². The highest BCUT2D eigenvalue weighted by Gasteiger charge is 2.28. The number of nitrogens with two attached hydrogens (primary N) is 1. The van der Waals surface area contributed by atoms with Crippen LogP contribution in [0.5, 0.6) is 0 Å². The number of carbonyl (C=O) groups is 1. The number of aromatic nitrogens is 4. The zero-order chi connectivity index (χ0) is 17.3. The van der Waals surface area contributed by atoms with Crippen LogP contribution in [0, 0.1) is 5.92 Å². The molecular weight excluding hydrogens is 306 g/mol. The summed E-state index contributed by atoms with van der Waals surface area (Å²) in [6.07, 6.45) is 4.27. The molecule has 0 saturated carbocycles. The normalized spacial score (nSPS) is 18.0. The number of hydrogen-bond donors (Lipinski definition) is 1. The SMILES string of the molecule is CCC(C)C(N)C(=O)N1CCN(c2ncnc3c2cnn3C)CC1. The molecule has 3 rings (SSSR count). The van der Waals surface area contributed by atoms with Gasteiger partial charge in [-0.25, -0.2) is 9.97 Å². The standard InChI is InChI=1S/C16H25N7O/c1-4-11(2)13(17)16(24)23-7-5-22(6-8-23)15-12-9-20-21(3)14(12)18-10-19-15/h9-11,13H,4-8,17H2,1-3H3. The summed E-state index contributed by atoms with van der Waals surface area (Å²) in [5, 5.41) is 5.19. The highest BCUT2D eigenvalue weighted by atomic mass is 16.2. The predicted molar refractivity (Wildman–Crippen MR) is 92.5 cm³/mol. The molecule has 0 radical (unpaired) electrons. The second-order valence-electron chi connectivity index (χ2n) is 6.43. The van der Waals surface area contributed by atoms with Crippen LogP contribution >= 0.6 is 0 Å². The van der Waals surface area contributed by atoms with Crippen molar-refractivity contribution >= 4 is 22.8 Å². The molecule has 0 spiro atoms. The third-order valence-corrected chi connectivity index (χ3v) is 4.94. The molecule has 2 N–H and O–H groups in total. The lowest BCUT2D eigenvalue weighted by atomic mass is 9.98. The van der Waals surface area contributed by atoms with E-state index in [9.17, 15) is 4.79 Å². The minimum Gasteiger partial charge on any atom is -0.352 e. The molecule has 0 bridgehead atoms. The van der Waals surface area contributed by atoms with Crippen molar-refractivity contribution in [3.8, 4) is 0 Å². The smallest absolute Gasteiger partial charge is 0.239 e. The zero-order valence-electron chi connectivity index (χ0n) is 14.5. The third kappa shape index (κ3) is 2.93. The van der Waals surface area contributed by atoms with Gasteiger partial charge in [0.05, 0.1) is 17.6 Å². The number of aryl methyl sites for hydroxylation is 1. The lowest BCUT2D eigenvalue weighted by Crippen LogP contribution is -2.54. The van der Waals surface area contributed by atoms with E-state index in [1.807, 2.05) is 18.9 Å². The maximum atomic E-state index is 12.5. The van der Waals surface area contributed by atoms with E-state index in [2.05, 4.69) is 26.9 Å². The summed E-state index contributed by atoms with van der Waals surface area (Å²) in [6.45, 7) is 6.88. The van der Waals surface area contributed by atoms with Crippen molar-refractivity contribution in [3.63, 3.8) is 0 Å². The van der Waals surface area contributed by atoms with Gasteiger partial charge in [-0.05, 0) is 5.92 Å². The Balaban J connectivity index is 1.70. The number of carbonyl (C=O) groups excluding carboxylic acids is 1. The average Bonchev–Trinajstić information content (AvgIpc) is 3.01. The van der Waals surface area contributed by atoms with Gasteiger partial charge in [0.1, 0.15) is 12.1 Å². The Hall–Kier alpha value is -2.22. The van der Waals surface area contributed by atoms with Crippen LogP contribution in [0.3, 0.4) is 0 Å². The van der Waals surface area contributed by atoms with E-state index in [1.54, 1.807) is 17.2 Å². The Morgan fingerprint density at radius 1 is 1.29 bits per heavy atom. The molecule has 2 aromatic rings. The molecule has 2 unspecified atom stereocenters. The fourth-order valence-corrected chi connectivity index (χ4v) is 3.05. The lowest BCUT2D eigenvalue weighted by molar-refractivity contribution is -0.134. The molecule has 0 aromatic carbocycles. The summed E-state index contributed by atoms with van der Waals surface area (Å²) in [5.41, 5.74) is 6.91. The summed E-state index contributed by atoms with van der Waals surface area (Å²) in [5.74, 6) is 1.14. The summed E-state index contributed by atoms with van der Waals surface area (Å²) in [4.78, 5) is 25.3. The minimum atomic E-state index is -0.411. The molecule has 2 aromatic heterocycles. The van der Waals surface area contributed by atoms with Crippen LogP contribution in [0.25, 0.3) is 11.0 Å². The molecule has 8 nitrogen and oxygen atoms in total. The summed E-state index contributed by atoms with van der Waals surface area (Å²) in [7, 11) is 1.87. The van der Waals surface area contributed by atoms with Crippen molar-refractivity contribution in [1.29, 1.82) is 0 Å². The third-order valence-electron chi connectivity index (χ3n) is 4.94. The first-order valence-electron chi connectivity index (χ1n) is 8.45. The van der Waals surface area contributed by atoms with Crippen molar-refractivity contribution in [2.24, 2.45) is 18.7 Å². The second-order valence-corrected chi connectivity index (χ2v) is 6.43. The monoisotopic (exact) mass is 331 g/mol. The van der Waals surface area contributed by atoms with Crippen LogP contribution in [-0.4, -0.2) is 62.8 Å². The largest absolute Gasteiger partial charge is 0.352 e. The molecule has 1 amide bonds. The maximum Gasteiger partial charge on any atom is 0.239 e. The van der Waals surface area contributed by atoms with E-state index in [0.717, 1.165) is 36.4 Å². The summed E-state index contributed by atoms with van der Waals surface area (Å²) < 4.78 is 1.74. The first kappa shape index (κ1) is 16.6. The van der Waals surface area contributed by atoms with Gasteiger partial charge < -0.3 is 15.5 Å². The number of fused-ring (bicyclic) bond motifs is 1. The number of anilines is 1. The Kier molecular flexibility index (Phi) is 4.66.